The normalized spacial score (nSPS) is 15.3. The topological polar surface area (TPSA) is 79.0 Å². The molecule has 7 heteroatoms. The van der Waals surface area contributed by atoms with E-state index in [0.29, 0.717) is 17.0 Å². The van der Waals surface area contributed by atoms with Crippen LogP contribution >= 0.6 is 0 Å². The zero-order valence-corrected chi connectivity index (χ0v) is 18.3. The lowest BCUT2D eigenvalue weighted by atomic mass is 10.0. The van der Waals surface area contributed by atoms with E-state index in [9.17, 15) is 14.4 Å². The average molecular weight is 421 g/mol. The molecule has 1 fully saturated rings. The Morgan fingerprint density at radius 1 is 1.00 bits per heavy atom. The molecular weight excluding hydrogens is 394 g/mol. The Morgan fingerprint density at radius 2 is 1.68 bits per heavy atom. The summed E-state index contributed by atoms with van der Waals surface area (Å²) in [7, 11) is 1.54. The van der Waals surface area contributed by atoms with Gasteiger partial charge in [0, 0.05) is 30.4 Å². The minimum absolute atomic E-state index is 0.131. The van der Waals surface area contributed by atoms with E-state index in [1.807, 2.05) is 31.2 Å². The molecule has 2 aromatic carbocycles. The monoisotopic (exact) mass is 421 g/mol. The molecule has 1 N–H and O–H groups in total. The van der Waals surface area contributed by atoms with Gasteiger partial charge in [-0.1, -0.05) is 19.1 Å². The summed E-state index contributed by atoms with van der Waals surface area (Å²) in [4.78, 5) is 41.1. The third kappa shape index (κ3) is 4.45. The SMILES string of the molecule is CCc1ccc(N2C(=O)NC(=O)C(=Cc3ccc(N(CC)CC)cc3OC)C2=O)cc1. The molecule has 1 heterocycles. The summed E-state index contributed by atoms with van der Waals surface area (Å²) in [5, 5.41) is 2.25. The van der Waals surface area contributed by atoms with Gasteiger partial charge in [0.15, 0.2) is 0 Å². The van der Waals surface area contributed by atoms with E-state index < -0.39 is 17.8 Å². The molecule has 0 atom stereocenters. The van der Waals surface area contributed by atoms with Crippen LogP contribution in [0.4, 0.5) is 16.2 Å². The van der Waals surface area contributed by atoms with Crippen LogP contribution in [0.2, 0.25) is 0 Å². The highest BCUT2D eigenvalue weighted by molar-refractivity contribution is 6.39. The first kappa shape index (κ1) is 22.1. The number of imide groups is 2. The standard InChI is InChI=1S/C24H27N3O4/c1-5-16-8-11-18(12-9-16)27-23(29)20(22(28)25-24(27)30)14-17-10-13-19(15-21(17)31-4)26(6-2)7-3/h8-15H,5-7H2,1-4H3,(H,25,28,30). The summed E-state index contributed by atoms with van der Waals surface area (Å²) in [6, 6.07) is 11.9. The molecule has 0 bridgehead atoms. The van der Waals surface area contributed by atoms with Gasteiger partial charge in [0.1, 0.15) is 11.3 Å². The maximum absolute atomic E-state index is 13.1. The van der Waals surface area contributed by atoms with Gasteiger partial charge in [-0.05, 0) is 56.2 Å². The molecule has 0 aromatic heterocycles. The average Bonchev–Trinajstić information content (AvgIpc) is 2.78. The van der Waals surface area contributed by atoms with Crippen LogP contribution in [-0.4, -0.2) is 38.0 Å². The maximum Gasteiger partial charge on any atom is 0.335 e. The predicted molar refractivity (Wildman–Crippen MR) is 121 cm³/mol. The van der Waals surface area contributed by atoms with Gasteiger partial charge in [0.05, 0.1) is 12.8 Å². The fourth-order valence-electron chi connectivity index (χ4n) is 3.53. The number of anilines is 2. The van der Waals surface area contributed by atoms with Gasteiger partial charge >= 0.3 is 6.03 Å². The molecule has 4 amide bonds. The molecule has 1 saturated heterocycles. The number of hydrogen-bond acceptors (Lipinski definition) is 5. The van der Waals surface area contributed by atoms with E-state index in [1.54, 1.807) is 18.2 Å². The van der Waals surface area contributed by atoms with Crippen molar-refractivity contribution in [1.29, 1.82) is 0 Å². The van der Waals surface area contributed by atoms with Gasteiger partial charge < -0.3 is 9.64 Å². The number of barbiturate groups is 1. The third-order valence-corrected chi connectivity index (χ3v) is 5.35. The van der Waals surface area contributed by atoms with E-state index >= 15 is 0 Å². The van der Waals surface area contributed by atoms with Crippen molar-refractivity contribution in [3.63, 3.8) is 0 Å². The minimum atomic E-state index is -0.764. The van der Waals surface area contributed by atoms with Crippen molar-refractivity contribution in [3.8, 4) is 5.75 Å². The second-order valence-corrected chi connectivity index (χ2v) is 7.08. The van der Waals surface area contributed by atoms with E-state index in [1.165, 1.54) is 13.2 Å². The number of urea groups is 1. The van der Waals surface area contributed by atoms with Gasteiger partial charge in [-0.3, -0.25) is 14.9 Å². The molecule has 2 aromatic rings. The second kappa shape index (κ2) is 9.47. The first-order valence-corrected chi connectivity index (χ1v) is 10.4. The number of aryl methyl sites for hydroxylation is 1. The first-order valence-electron chi connectivity index (χ1n) is 10.4. The van der Waals surface area contributed by atoms with Crippen LogP contribution in [-0.2, 0) is 16.0 Å². The molecule has 3 rings (SSSR count). The second-order valence-electron chi connectivity index (χ2n) is 7.08. The number of methoxy groups -OCH3 is 1. The molecular formula is C24H27N3O4. The fourth-order valence-corrected chi connectivity index (χ4v) is 3.53. The zero-order valence-electron chi connectivity index (χ0n) is 18.3. The predicted octanol–water partition coefficient (Wildman–Crippen LogP) is 3.77. The van der Waals surface area contributed by atoms with Crippen LogP contribution in [0, 0.1) is 0 Å². The molecule has 0 spiro atoms. The van der Waals surface area contributed by atoms with Crippen LogP contribution < -0.4 is 19.9 Å². The van der Waals surface area contributed by atoms with E-state index in [4.69, 9.17) is 4.74 Å². The molecule has 7 nitrogen and oxygen atoms in total. The van der Waals surface area contributed by atoms with Crippen LogP contribution in [0.3, 0.4) is 0 Å². The molecule has 0 unspecified atom stereocenters. The molecule has 0 radical (unpaired) electrons. The van der Waals surface area contributed by atoms with Crippen molar-refractivity contribution in [2.45, 2.75) is 27.2 Å². The Balaban J connectivity index is 1.99. The Hall–Kier alpha value is -3.61. The van der Waals surface area contributed by atoms with Gasteiger partial charge in [-0.25, -0.2) is 9.69 Å². The summed E-state index contributed by atoms with van der Waals surface area (Å²) in [6.45, 7) is 7.83. The molecule has 162 valence electrons. The molecule has 0 aliphatic carbocycles. The zero-order chi connectivity index (χ0) is 22.5. The van der Waals surface area contributed by atoms with Crippen LogP contribution in [0.1, 0.15) is 31.9 Å². The Bertz CT molecular complexity index is 1020. The van der Waals surface area contributed by atoms with Gasteiger partial charge in [-0.15, -0.1) is 0 Å². The summed E-state index contributed by atoms with van der Waals surface area (Å²) < 4.78 is 5.50. The van der Waals surface area contributed by atoms with Crippen molar-refractivity contribution < 1.29 is 19.1 Å². The van der Waals surface area contributed by atoms with Crippen LogP contribution in [0.25, 0.3) is 6.08 Å². The lowest BCUT2D eigenvalue weighted by Gasteiger charge is -2.26. The van der Waals surface area contributed by atoms with Crippen molar-refractivity contribution in [1.82, 2.24) is 5.32 Å². The van der Waals surface area contributed by atoms with Crippen molar-refractivity contribution in [2.24, 2.45) is 0 Å². The third-order valence-electron chi connectivity index (χ3n) is 5.35. The van der Waals surface area contributed by atoms with E-state index in [-0.39, 0.29) is 5.57 Å². The maximum atomic E-state index is 13.1. The number of nitrogens with zero attached hydrogens (tertiary/aromatic N) is 2. The molecule has 1 aliphatic rings. The van der Waals surface area contributed by atoms with Gasteiger partial charge in [-0.2, -0.15) is 0 Å². The van der Waals surface area contributed by atoms with Crippen molar-refractivity contribution in [2.75, 3.05) is 30.0 Å². The Kier molecular flexibility index (Phi) is 6.74. The first-order chi connectivity index (χ1) is 14.9. The van der Waals surface area contributed by atoms with Crippen LogP contribution in [0.5, 0.6) is 5.75 Å². The number of rotatable bonds is 7. The Morgan fingerprint density at radius 3 is 2.26 bits per heavy atom. The highest BCUT2D eigenvalue weighted by atomic mass is 16.5. The lowest BCUT2D eigenvalue weighted by molar-refractivity contribution is -0.122. The Labute approximate surface area is 182 Å². The summed E-state index contributed by atoms with van der Waals surface area (Å²) in [5.41, 5.74) is 2.91. The summed E-state index contributed by atoms with van der Waals surface area (Å²) in [5.74, 6) is -0.868. The van der Waals surface area contributed by atoms with Crippen molar-refractivity contribution >= 4 is 35.3 Å². The van der Waals surface area contributed by atoms with Crippen LogP contribution in [0.15, 0.2) is 48.0 Å². The summed E-state index contributed by atoms with van der Waals surface area (Å²) >= 11 is 0. The number of carbonyl (C=O) groups excluding carboxylic acids is 3. The lowest BCUT2D eigenvalue weighted by Crippen LogP contribution is -2.54. The number of amides is 4. The smallest absolute Gasteiger partial charge is 0.335 e. The number of ether oxygens (including phenoxy) is 1. The highest BCUT2D eigenvalue weighted by Gasteiger charge is 2.37. The van der Waals surface area contributed by atoms with E-state index in [0.717, 1.165) is 35.7 Å². The number of carbonyl (C=O) groups is 3. The number of hydrogen-bond donors (Lipinski definition) is 1. The molecule has 31 heavy (non-hydrogen) atoms. The van der Waals surface area contributed by atoms with Gasteiger partial charge in [0.25, 0.3) is 11.8 Å². The van der Waals surface area contributed by atoms with Gasteiger partial charge in [0.2, 0.25) is 0 Å². The minimum Gasteiger partial charge on any atom is -0.496 e. The number of nitrogens with one attached hydrogen (secondary N) is 1. The highest BCUT2D eigenvalue weighted by Crippen LogP contribution is 2.29. The van der Waals surface area contributed by atoms with E-state index in [2.05, 4.69) is 24.1 Å². The largest absolute Gasteiger partial charge is 0.496 e. The number of benzene rings is 2. The summed E-state index contributed by atoms with van der Waals surface area (Å²) in [6.07, 6.45) is 2.30. The van der Waals surface area contributed by atoms with Crippen molar-refractivity contribution in [3.05, 3.63) is 59.2 Å². The quantitative estimate of drug-likeness (QED) is 0.544. The fraction of sp³-hybridized carbons (Fsp3) is 0.292. The molecule has 1 aliphatic heterocycles. The molecule has 0 saturated carbocycles.